The van der Waals surface area contributed by atoms with E-state index in [1.54, 1.807) is 0 Å². The lowest BCUT2D eigenvalue weighted by atomic mass is 10.1. The van der Waals surface area contributed by atoms with Crippen LogP contribution in [0.2, 0.25) is 0 Å². The summed E-state index contributed by atoms with van der Waals surface area (Å²) in [7, 11) is 0. The molecule has 100 valence electrons. The van der Waals surface area contributed by atoms with Gasteiger partial charge in [-0.25, -0.2) is 4.39 Å². The van der Waals surface area contributed by atoms with Gasteiger partial charge in [0.05, 0.1) is 6.61 Å². The number of halogens is 1. The van der Waals surface area contributed by atoms with Crippen LogP contribution in [-0.2, 0) is 4.74 Å². The number of alkyl halides is 1. The second kappa shape index (κ2) is 4.88. The normalized spacial score (nSPS) is 32.9. The highest BCUT2D eigenvalue weighted by molar-refractivity contribution is 5.23. The first kappa shape index (κ1) is 12.7. The molecular weight excluding hydrogens is 247 g/mol. The summed E-state index contributed by atoms with van der Waals surface area (Å²) in [4.78, 5) is 3.68. The third-order valence-corrected chi connectivity index (χ3v) is 2.70. The molecule has 18 heavy (non-hydrogen) atoms. The maximum Gasteiger partial charge on any atom is 0.270 e. The van der Waals surface area contributed by atoms with Gasteiger partial charge in [-0.3, -0.25) is 4.57 Å². The highest BCUT2D eigenvalue weighted by Gasteiger charge is 2.45. The molecule has 0 amide bonds. The lowest BCUT2D eigenvalue weighted by molar-refractivity contribution is -0.0500. The van der Waals surface area contributed by atoms with Crippen molar-refractivity contribution < 1.29 is 24.5 Å². The van der Waals surface area contributed by atoms with Gasteiger partial charge in [0.15, 0.2) is 12.4 Å². The number of aliphatic hydroxyl groups is 2. The summed E-state index contributed by atoms with van der Waals surface area (Å²) in [6.45, 7) is -0.521. The van der Waals surface area contributed by atoms with E-state index >= 15 is 0 Å². The number of nitrogen functional groups attached to an aromatic ring is 1. The van der Waals surface area contributed by atoms with Crippen LogP contribution in [0.25, 0.3) is 0 Å². The van der Waals surface area contributed by atoms with Gasteiger partial charge in [0.25, 0.3) is 5.62 Å². The topological polar surface area (TPSA) is 126 Å². The van der Waals surface area contributed by atoms with E-state index in [1.807, 2.05) is 0 Å². The predicted molar refractivity (Wildman–Crippen MR) is 55.9 cm³/mol. The molecule has 0 aliphatic carbocycles. The molecule has 8 nitrogen and oxygen atoms in total. The minimum Gasteiger partial charge on any atom is -0.408 e. The first-order chi connectivity index (χ1) is 8.58. The molecule has 0 radical (unpaired) electrons. The molecule has 1 aromatic heterocycles. The van der Waals surface area contributed by atoms with Crippen molar-refractivity contribution >= 4 is 5.82 Å². The molecule has 0 bridgehead atoms. The minimum atomic E-state index is -1.78. The van der Waals surface area contributed by atoms with Crippen LogP contribution in [0.15, 0.2) is 17.4 Å². The Bertz CT molecular complexity index is 494. The standard InChI is InChI=1S/C9H13FN4O4/c10-6-7(16)4(3-15)18-8(6)14-2-1-5(11)12-9(14)13-17/h1-2,4,6-8,15-17H,3H2,(H2,11,12,13)/t4-,6-,7-,8-/m1/s1. The average Bonchev–Trinajstić information content (AvgIpc) is 2.66. The Labute approximate surface area is 101 Å². The van der Waals surface area contributed by atoms with Gasteiger partial charge in [0.1, 0.15) is 18.0 Å². The molecule has 0 saturated carbocycles. The SMILES string of the molecule is Nc1ccn([C@@H]2O[C@H](CO)[C@@H](O)[C@H]2F)/c(=N/O)n1. The Balaban J connectivity index is 2.39. The fourth-order valence-corrected chi connectivity index (χ4v) is 1.78. The highest BCUT2D eigenvalue weighted by Crippen LogP contribution is 2.30. The first-order valence-electron chi connectivity index (χ1n) is 5.19. The maximum absolute atomic E-state index is 13.8. The Morgan fingerprint density at radius 1 is 1.61 bits per heavy atom. The largest absolute Gasteiger partial charge is 0.408 e. The molecule has 0 aromatic carbocycles. The average molecular weight is 260 g/mol. The van der Waals surface area contributed by atoms with Crippen molar-refractivity contribution in [1.82, 2.24) is 9.55 Å². The van der Waals surface area contributed by atoms with Crippen LogP contribution in [0.1, 0.15) is 6.23 Å². The summed E-state index contributed by atoms with van der Waals surface area (Å²) < 4.78 is 20.1. The molecule has 2 heterocycles. The molecule has 0 unspecified atom stereocenters. The van der Waals surface area contributed by atoms with Crippen molar-refractivity contribution in [3.63, 3.8) is 0 Å². The number of aromatic nitrogens is 2. The van der Waals surface area contributed by atoms with Crippen LogP contribution in [0, 0.1) is 0 Å². The summed E-state index contributed by atoms with van der Waals surface area (Å²) in [5.41, 5.74) is 5.14. The van der Waals surface area contributed by atoms with E-state index in [9.17, 15) is 9.50 Å². The fraction of sp³-hybridized carbons (Fsp3) is 0.556. The first-order valence-corrected chi connectivity index (χ1v) is 5.19. The predicted octanol–water partition coefficient (Wildman–Crippen LogP) is -1.66. The molecule has 1 aliphatic rings. The summed E-state index contributed by atoms with van der Waals surface area (Å²) in [5.74, 6) is 0.0895. The Morgan fingerprint density at radius 3 is 2.89 bits per heavy atom. The number of nitrogens with zero attached hydrogens (tertiary/aromatic N) is 3. The van der Waals surface area contributed by atoms with Crippen molar-refractivity contribution in [1.29, 1.82) is 0 Å². The van der Waals surface area contributed by atoms with Gasteiger partial charge in [0.2, 0.25) is 0 Å². The zero-order valence-electron chi connectivity index (χ0n) is 9.22. The lowest BCUT2D eigenvalue weighted by Crippen LogP contribution is -2.34. The van der Waals surface area contributed by atoms with Crippen molar-refractivity contribution in [3.05, 3.63) is 17.9 Å². The molecule has 0 spiro atoms. The number of anilines is 1. The zero-order chi connectivity index (χ0) is 13.3. The summed E-state index contributed by atoms with van der Waals surface area (Å²) >= 11 is 0. The van der Waals surface area contributed by atoms with Gasteiger partial charge in [-0.1, -0.05) is 0 Å². The lowest BCUT2D eigenvalue weighted by Gasteiger charge is -2.16. The summed E-state index contributed by atoms with van der Waals surface area (Å²) in [6, 6.07) is 1.36. The van der Waals surface area contributed by atoms with E-state index in [-0.39, 0.29) is 11.4 Å². The van der Waals surface area contributed by atoms with E-state index in [2.05, 4.69) is 10.1 Å². The quantitative estimate of drug-likeness (QED) is 0.372. The molecule has 9 heteroatoms. The monoisotopic (exact) mass is 260 g/mol. The van der Waals surface area contributed by atoms with Gasteiger partial charge in [-0.05, 0) is 11.2 Å². The van der Waals surface area contributed by atoms with Crippen molar-refractivity contribution in [3.8, 4) is 0 Å². The number of nitrogens with two attached hydrogens (primary N) is 1. The van der Waals surface area contributed by atoms with E-state index in [1.165, 1.54) is 12.3 Å². The smallest absolute Gasteiger partial charge is 0.270 e. The second-order valence-corrected chi connectivity index (χ2v) is 3.84. The Kier molecular flexibility index (Phi) is 3.45. The van der Waals surface area contributed by atoms with Crippen LogP contribution in [0.4, 0.5) is 10.2 Å². The molecule has 2 rings (SSSR count). The summed E-state index contributed by atoms with van der Waals surface area (Å²) in [5, 5.41) is 30.1. The number of ether oxygens (including phenoxy) is 1. The van der Waals surface area contributed by atoms with Gasteiger partial charge in [-0.15, -0.1) is 0 Å². The molecule has 1 aliphatic heterocycles. The third-order valence-electron chi connectivity index (χ3n) is 2.70. The van der Waals surface area contributed by atoms with Gasteiger partial charge in [-0.2, -0.15) is 4.98 Å². The third kappa shape index (κ3) is 2.03. The molecule has 1 aromatic rings. The van der Waals surface area contributed by atoms with E-state index in [0.717, 1.165) is 4.57 Å². The molecule has 1 fully saturated rings. The van der Waals surface area contributed by atoms with E-state index in [0.29, 0.717) is 0 Å². The second-order valence-electron chi connectivity index (χ2n) is 3.84. The number of rotatable bonds is 2. The van der Waals surface area contributed by atoms with Crippen LogP contribution in [-0.4, -0.2) is 50.0 Å². The molecule has 4 atom stereocenters. The number of hydrogen-bond acceptors (Lipinski definition) is 7. The Hall–Kier alpha value is -1.71. The van der Waals surface area contributed by atoms with Crippen LogP contribution in [0.5, 0.6) is 0 Å². The molecule has 1 saturated heterocycles. The highest BCUT2D eigenvalue weighted by atomic mass is 19.1. The van der Waals surface area contributed by atoms with Gasteiger partial charge < -0.3 is 25.9 Å². The van der Waals surface area contributed by atoms with E-state index in [4.69, 9.17) is 20.8 Å². The van der Waals surface area contributed by atoms with Crippen LogP contribution in [0.3, 0.4) is 0 Å². The van der Waals surface area contributed by atoms with Crippen molar-refractivity contribution in [2.24, 2.45) is 5.16 Å². The van der Waals surface area contributed by atoms with Crippen molar-refractivity contribution in [2.75, 3.05) is 12.3 Å². The van der Waals surface area contributed by atoms with Gasteiger partial charge >= 0.3 is 0 Å². The molecule has 5 N–H and O–H groups in total. The zero-order valence-corrected chi connectivity index (χ0v) is 9.22. The number of hydrogen-bond donors (Lipinski definition) is 4. The maximum atomic E-state index is 13.8. The Morgan fingerprint density at radius 2 is 2.33 bits per heavy atom. The van der Waals surface area contributed by atoms with Gasteiger partial charge in [0, 0.05) is 6.20 Å². The summed E-state index contributed by atoms with van der Waals surface area (Å²) in [6.07, 6.45) is -4.20. The van der Waals surface area contributed by atoms with Crippen molar-refractivity contribution in [2.45, 2.75) is 24.6 Å². The fourth-order valence-electron chi connectivity index (χ4n) is 1.78. The minimum absolute atomic E-state index is 0.0895. The number of aliphatic hydroxyl groups excluding tert-OH is 2. The van der Waals surface area contributed by atoms with Crippen LogP contribution < -0.4 is 11.4 Å². The van der Waals surface area contributed by atoms with Crippen LogP contribution >= 0.6 is 0 Å². The molecular formula is C9H13FN4O4. The van der Waals surface area contributed by atoms with E-state index < -0.39 is 31.2 Å².